The summed E-state index contributed by atoms with van der Waals surface area (Å²) in [7, 11) is 0. The molecule has 0 unspecified atom stereocenters. The van der Waals surface area contributed by atoms with E-state index in [0.717, 1.165) is 16.0 Å². The molecule has 0 bridgehead atoms. The molecule has 0 aliphatic rings. The van der Waals surface area contributed by atoms with Gasteiger partial charge in [-0.1, -0.05) is 29.8 Å². The molecule has 0 atom stereocenters. The predicted octanol–water partition coefficient (Wildman–Crippen LogP) is 4.99. The molecule has 4 heteroatoms. The van der Waals surface area contributed by atoms with Crippen molar-refractivity contribution in [2.24, 2.45) is 0 Å². The van der Waals surface area contributed by atoms with Gasteiger partial charge in [0.1, 0.15) is 6.07 Å². The van der Waals surface area contributed by atoms with Gasteiger partial charge in [0.25, 0.3) is 0 Å². The Kier molecular flexibility index (Phi) is 4.91. The SMILES string of the molecule is Cc1c(C#N)c(C)c(CSc2ccccc2)c(Cl)c1C#N. The van der Waals surface area contributed by atoms with E-state index in [-0.39, 0.29) is 0 Å². The zero-order valence-electron chi connectivity index (χ0n) is 11.8. The molecule has 0 saturated heterocycles. The van der Waals surface area contributed by atoms with Crippen molar-refractivity contribution in [1.29, 1.82) is 10.5 Å². The van der Waals surface area contributed by atoms with Crippen LogP contribution in [0.25, 0.3) is 0 Å². The Morgan fingerprint density at radius 1 is 1.00 bits per heavy atom. The van der Waals surface area contributed by atoms with Crippen molar-refractivity contribution in [1.82, 2.24) is 0 Å². The van der Waals surface area contributed by atoms with Crippen LogP contribution in [0.2, 0.25) is 5.02 Å². The summed E-state index contributed by atoms with van der Waals surface area (Å²) in [5.41, 5.74) is 3.35. The molecule has 2 nitrogen and oxygen atoms in total. The van der Waals surface area contributed by atoms with E-state index in [1.165, 1.54) is 0 Å². The minimum absolute atomic E-state index is 0.405. The molecule has 0 aliphatic carbocycles. The van der Waals surface area contributed by atoms with Crippen molar-refractivity contribution in [2.45, 2.75) is 24.5 Å². The summed E-state index contributed by atoms with van der Waals surface area (Å²) in [6.45, 7) is 3.66. The number of hydrogen-bond acceptors (Lipinski definition) is 3. The summed E-state index contributed by atoms with van der Waals surface area (Å²) in [4.78, 5) is 1.13. The van der Waals surface area contributed by atoms with Gasteiger partial charge in [-0.15, -0.1) is 11.8 Å². The highest BCUT2D eigenvalue weighted by Gasteiger charge is 2.18. The van der Waals surface area contributed by atoms with Crippen molar-refractivity contribution >= 4 is 23.4 Å². The van der Waals surface area contributed by atoms with Crippen LogP contribution in [-0.4, -0.2) is 0 Å². The molecule has 104 valence electrons. The lowest BCUT2D eigenvalue weighted by atomic mass is 9.94. The summed E-state index contributed by atoms with van der Waals surface area (Å²) >= 11 is 8.01. The van der Waals surface area contributed by atoms with Crippen molar-refractivity contribution in [3.05, 3.63) is 63.2 Å². The van der Waals surface area contributed by atoms with Crippen LogP contribution in [-0.2, 0) is 5.75 Å². The molecular formula is C17H13ClN2S. The van der Waals surface area contributed by atoms with E-state index in [1.54, 1.807) is 18.7 Å². The summed E-state index contributed by atoms with van der Waals surface area (Å²) in [5, 5.41) is 19.0. The van der Waals surface area contributed by atoms with Gasteiger partial charge in [-0.25, -0.2) is 0 Å². The van der Waals surface area contributed by atoms with E-state index in [4.69, 9.17) is 11.6 Å². The number of benzene rings is 2. The molecular weight excluding hydrogens is 300 g/mol. The molecule has 0 aliphatic heterocycles. The third-order valence-electron chi connectivity index (χ3n) is 3.41. The first-order valence-corrected chi connectivity index (χ1v) is 7.76. The first-order valence-electron chi connectivity index (χ1n) is 6.39. The maximum atomic E-state index is 9.31. The Hall–Kier alpha value is -1.94. The lowest BCUT2D eigenvalue weighted by Crippen LogP contribution is -2.00. The predicted molar refractivity (Wildman–Crippen MR) is 86.4 cm³/mol. The van der Waals surface area contributed by atoms with Gasteiger partial charge >= 0.3 is 0 Å². The Bertz CT molecular complexity index is 714. The zero-order valence-corrected chi connectivity index (χ0v) is 13.3. The van der Waals surface area contributed by atoms with Gasteiger partial charge in [0.05, 0.1) is 22.2 Å². The van der Waals surface area contributed by atoms with E-state index in [1.807, 2.05) is 37.3 Å². The Labute approximate surface area is 134 Å². The van der Waals surface area contributed by atoms with Crippen molar-refractivity contribution in [2.75, 3.05) is 0 Å². The normalized spacial score (nSPS) is 9.95. The number of thioether (sulfide) groups is 1. The highest BCUT2D eigenvalue weighted by molar-refractivity contribution is 7.98. The standard InChI is InChI=1S/C17H13ClN2S/c1-11-14(8-19)12(2)16(17(18)15(11)9-20)10-21-13-6-4-3-5-7-13/h3-7H,10H2,1-2H3. The largest absolute Gasteiger partial charge is 0.192 e. The fourth-order valence-electron chi connectivity index (χ4n) is 2.18. The topological polar surface area (TPSA) is 47.6 Å². The first kappa shape index (κ1) is 15.4. The smallest absolute Gasteiger partial charge is 0.101 e. The van der Waals surface area contributed by atoms with Crippen molar-refractivity contribution in [3.63, 3.8) is 0 Å². The van der Waals surface area contributed by atoms with Crippen LogP contribution in [0.4, 0.5) is 0 Å². The van der Waals surface area contributed by atoms with Crippen molar-refractivity contribution < 1.29 is 0 Å². The van der Waals surface area contributed by atoms with E-state index in [9.17, 15) is 10.5 Å². The van der Waals surface area contributed by atoms with Gasteiger partial charge in [0.15, 0.2) is 0 Å². The van der Waals surface area contributed by atoms with Gasteiger partial charge in [0, 0.05) is 10.6 Å². The Balaban J connectivity index is 2.45. The molecule has 2 rings (SSSR count). The molecule has 0 aromatic heterocycles. The van der Waals surface area contributed by atoms with E-state index in [2.05, 4.69) is 12.1 Å². The summed E-state index contributed by atoms with van der Waals surface area (Å²) in [6.07, 6.45) is 0. The number of nitriles is 2. The van der Waals surface area contributed by atoms with Crippen molar-refractivity contribution in [3.8, 4) is 12.1 Å². The monoisotopic (exact) mass is 312 g/mol. The van der Waals surface area contributed by atoms with Crippen LogP contribution in [0.1, 0.15) is 27.8 Å². The van der Waals surface area contributed by atoms with Gasteiger partial charge < -0.3 is 0 Å². The van der Waals surface area contributed by atoms with Crippen LogP contribution in [0.5, 0.6) is 0 Å². The fraction of sp³-hybridized carbons (Fsp3) is 0.176. The molecule has 0 saturated carbocycles. The molecule has 2 aromatic rings. The molecule has 0 heterocycles. The molecule has 0 spiro atoms. The average molecular weight is 313 g/mol. The lowest BCUT2D eigenvalue weighted by molar-refractivity contribution is 1.22. The summed E-state index contributed by atoms with van der Waals surface area (Å²) < 4.78 is 0. The second-order valence-electron chi connectivity index (χ2n) is 4.62. The first-order chi connectivity index (χ1) is 10.1. The highest BCUT2D eigenvalue weighted by Crippen LogP contribution is 2.34. The van der Waals surface area contributed by atoms with E-state index >= 15 is 0 Å². The zero-order chi connectivity index (χ0) is 15.4. The molecule has 21 heavy (non-hydrogen) atoms. The molecule has 0 fully saturated rings. The van der Waals surface area contributed by atoms with Crippen LogP contribution < -0.4 is 0 Å². The minimum atomic E-state index is 0.405. The summed E-state index contributed by atoms with van der Waals surface area (Å²) in [6, 6.07) is 14.3. The number of halogens is 1. The highest BCUT2D eigenvalue weighted by atomic mass is 35.5. The maximum Gasteiger partial charge on any atom is 0.101 e. The van der Waals surface area contributed by atoms with Gasteiger partial charge in [0.2, 0.25) is 0 Å². The summed E-state index contributed by atoms with van der Waals surface area (Å²) in [5.74, 6) is 0.637. The van der Waals surface area contributed by atoms with Crippen LogP contribution >= 0.6 is 23.4 Å². The van der Waals surface area contributed by atoms with Gasteiger partial charge in [-0.2, -0.15) is 10.5 Å². The van der Waals surface area contributed by atoms with E-state index < -0.39 is 0 Å². The molecule has 0 amide bonds. The molecule has 0 N–H and O–H groups in total. The number of nitrogens with zero attached hydrogens (tertiary/aromatic N) is 2. The minimum Gasteiger partial charge on any atom is -0.192 e. The Morgan fingerprint density at radius 3 is 2.19 bits per heavy atom. The third kappa shape index (κ3) is 3.05. The second-order valence-corrected chi connectivity index (χ2v) is 6.04. The van der Waals surface area contributed by atoms with E-state index in [0.29, 0.717) is 27.5 Å². The number of hydrogen-bond donors (Lipinski definition) is 0. The Morgan fingerprint density at radius 2 is 1.62 bits per heavy atom. The molecule has 2 aromatic carbocycles. The lowest BCUT2D eigenvalue weighted by Gasteiger charge is -2.14. The quantitative estimate of drug-likeness (QED) is 0.750. The second kappa shape index (κ2) is 6.68. The number of rotatable bonds is 3. The van der Waals surface area contributed by atoms with Gasteiger partial charge in [-0.05, 0) is 42.7 Å². The molecule has 0 radical (unpaired) electrons. The van der Waals surface area contributed by atoms with Crippen LogP contribution in [0, 0.1) is 36.5 Å². The fourth-order valence-corrected chi connectivity index (χ4v) is 3.67. The van der Waals surface area contributed by atoms with Gasteiger partial charge in [-0.3, -0.25) is 0 Å². The average Bonchev–Trinajstić information content (AvgIpc) is 2.49. The maximum absolute atomic E-state index is 9.31. The van der Waals surface area contributed by atoms with Crippen LogP contribution in [0.3, 0.4) is 0 Å². The third-order valence-corrected chi connectivity index (χ3v) is 4.87. The van der Waals surface area contributed by atoms with Crippen LogP contribution in [0.15, 0.2) is 35.2 Å².